The summed E-state index contributed by atoms with van der Waals surface area (Å²) in [7, 11) is 1.48. The van der Waals surface area contributed by atoms with Crippen molar-refractivity contribution in [2.75, 3.05) is 7.11 Å². The Kier molecular flexibility index (Phi) is 4.19. The highest BCUT2D eigenvalue weighted by Crippen LogP contribution is 2.27. The number of halogens is 2. The number of benzene rings is 2. The first-order chi connectivity index (χ1) is 8.61. The molecule has 18 heavy (non-hydrogen) atoms. The topological polar surface area (TPSA) is 29.5 Å². The highest BCUT2D eigenvalue weighted by molar-refractivity contribution is 14.1. The molecule has 0 saturated carbocycles. The van der Waals surface area contributed by atoms with Crippen molar-refractivity contribution in [3.05, 3.63) is 63.0 Å². The molecule has 0 aromatic heterocycles. The fourth-order valence-corrected chi connectivity index (χ4v) is 2.28. The second-order valence-corrected chi connectivity index (χ2v) is 5.09. The molecule has 0 bridgehead atoms. The third-order valence-electron chi connectivity index (χ3n) is 2.67. The Morgan fingerprint density at radius 3 is 2.61 bits per heavy atom. The van der Waals surface area contributed by atoms with Crippen molar-refractivity contribution in [1.82, 2.24) is 0 Å². The zero-order valence-electron chi connectivity index (χ0n) is 9.73. The van der Waals surface area contributed by atoms with Crippen LogP contribution in [-0.4, -0.2) is 12.2 Å². The van der Waals surface area contributed by atoms with Crippen molar-refractivity contribution < 1.29 is 14.2 Å². The molecular formula is C14H12FIO2. The molecule has 0 aliphatic carbocycles. The number of hydrogen-bond donors (Lipinski definition) is 1. The van der Waals surface area contributed by atoms with Crippen LogP contribution in [0.15, 0.2) is 42.5 Å². The van der Waals surface area contributed by atoms with Gasteiger partial charge in [-0.05, 0) is 52.4 Å². The van der Waals surface area contributed by atoms with Gasteiger partial charge in [0.1, 0.15) is 17.7 Å². The highest BCUT2D eigenvalue weighted by Gasteiger charge is 2.15. The molecule has 1 N–H and O–H groups in total. The molecule has 94 valence electrons. The number of aliphatic hydroxyl groups excluding tert-OH is 1. The van der Waals surface area contributed by atoms with E-state index in [2.05, 4.69) is 22.6 Å². The third-order valence-corrected chi connectivity index (χ3v) is 3.34. The smallest absolute Gasteiger partial charge is 0.133 e. The van der Waals surface area contributed by atoms with E-state index >= 15 is 0 Å². The Bertz CT molecular complexity index is 557. The average Bonchev–Trinajstić information content (AvgIpc) is 2.37. The van der Waals surface area contributed by atoms with Crippen LogP contribution in [0.1, 0.15) is 17.2 Å². The monoisotopic (exact) mass is 358 g/mol. The molecule has 0 radical (unpaired) electrons. The van der Waals surface area contributed by atoms with Crippen molar-refractivity contribution in [3.63, 3.8) is 0 Å². The standard InChI is InChI=1S/C14H12FIO2/c1-18-11-5-6-12(13(15)8-11)14(17)9-3-2-4-10(16)7-9/h2-8,14,17H,1H3. The number of ether oxygens (including phenoxy) is 1. The minimum atomic E-state index is -0.967. The normalized spacial score (nSPS) is 12.2. The van der Waals surface area contributed by atoms with Gasteiger partial charge in [0, 0.05) is 15.2 Å². The SMILES string of the molecule is COc1ccc(C(O)c2cccc(I)c2)c(F)c1. The molecule has 0 amide bonds. The molecule has 0 aliphatic heterocycles. The first kappa shape index (κ1) is 13.3. The van der Waals surface area contributed by atoms with Gasteiger partial charge in [-0.2, -0.15) is 0 Å². The van der Waals surface area contributed by atoms with E-state index in [1.165, 1.54) is 13.2 Å². The van der Waals surface area contributed by atoms with E-state index in [9.17, 15) is 9.50 Å². The largest absolute Gasteiger partial charge is 0.497 e. The van der Waals surface area contributed by atoms with Gasteiger partial charge in [0.15, 0.2) is 0 Å². The van der Waals surface area contributed by atoms with E-state index in [0.717, 1.165) is 3.57 Å². The maximum atomic E-state index is 13.8. The second-order valence-electron chi connectivity index (χ2n) is 3.84. The minimum absolute atomic E-state index is 0.248. The summed E-state index contributed by atoms with van der Waals surface area (Å²) in [5, 5.41) is 10.2. The fourth-order valence-electron chi connectivity index (χ4n) is 1.71. The number of hydrogen-bond acceptors (Lipinski definition) is 2. The lowest BCUT2D eigenvalue weighted by Crippen LogP contribution is -2.03. The summed E-state index contributed by atoms with van der Waals surface area (Å²) in [6.45, 7) is 0. The van der Waals surface area contributed by atoms with Crippen LogP contribution < -0.4 is 4.74 Å². The Morgan fingerprint density at radius 2 is 2.00 bits per heavy atom. The van der Waals surface area contributed by atoms with Gasteiger partial charge in [0.25, 0.3) is 0 Å². The predicted molar refractivity (Wildman–Crippen MR) is 76.2 cm³/mol. The lowest BCUT2D eigenvalue weighted by molar-refractivity contribution is 0.214. The summed E-state index contributed by atoms with van der Waals surface area (Å²) < 4.78 is 19.8. The molecule has 4 heteroatoms. The molecule has 2 aromatic rings. The first-order valence-corrected chi connectivity index (χ1v) is 6.46. The number of rotatable bonds is 3. The number of methoxy groups -OCH3 is 1. The zero-order chi connectivity index (χ0) is 13.1. The summed E-state index contributed by atoms with van der Waals surface area (Å²) in [6, 6.07) is 11.8. The van der Waals surface area contributed by atoms with E-state index in [1.807, 2.05) is 18.2 Å². The quantitative estimate of drug-likeness (QED) is 0.851. The summed E-state index contributed by atoms with van der Waals surface area (Å²) in [5.74, 6) is -0.0354. The van der Waals surface area contributed by atoms with Gasteiger partial charge in [0.2, 0.25) is 0 Å². The highest BCUT2D eigenvalue weighted by atomic mass is 127. The third kappa shape index (κ3) is 2.81. The van der Waals surface area contributed by atoms with Crippen LogP contribution in [0, 0.1) is 9.39 Å². The van der Waals surface area contributed by atoms with E-state index in [4.69, 9.17) is 4.74 Å². The van der Waals surface area contributed by atoms with E-state index in [-0.39, 0.29) is 5.56 Å². The van der Waals surface area contributed by atoms with E-state index in [0.29, 0.717) is 11.3 Å². The molecule has 2 rings (SSSR count). The molecule has 0 heterocycles. The van der Waals surface area contributed by atoms with Crippen molar-refractivity contribution in [2.45, 2.75) is 6.10 Å². The molecule has 0 fully saturated rings. The summed E-state index contributed by atoms with van der Waals surface area (Å²) in [6.07, 6.45) is -0.967. The van der Waals surface area contributed by atoms with Crippen LogP contribution in [0.2, 0.25) is 0 Å². The second kappa shape index (κ2) is 5.67. The fraction of sp³-hybridized carbons (Fsp3) is 0.143. The van der Waals surface area contributed by atoms with Crippen LogP contribution in [0.3, 0.4) is 0 Å². The molecule has 0 spiro atoms. The summed E-state index contributed by atoms with van der Waals surface area (Å²) in [4.78, 5) is 0. The van der Waals surface area contributed by atoms with E-state index in [1.54, 1.807) is 18.2 Å². The Hall–Kier alpha value is -1.14. The van der Waals surface area contributed by atoms with Gasteiger partial charge in [0.05, 0.1) is 7.11 Å². The van der Waals surface area contributed by atoms with Crippen LogP contribution in [0.25, 0.3) is 0 Å². The van der Waals surface area contributed by atoms with Crippen LogP contribution in [-0.2, 0) is 0 Å². The number of aliphatic hydroxyl groups is 1. The van der Waals surface area contributed by atoms with Gasteiger partial charge in [-0.1, -0.05) is 12.1 Å². The van der Waals surface area contributed by atoms with Crippen molar-refractivity contribution in [3.8, 4) is 5.75 Å². The van der Waals surface area contributed by atoms with Crippen LogP contribution >= 0.6 is 22.6 Å². The van der Waals surface area contributed by atoms with E-state index < -0.39 is 11.9 Å². The van der Waals surface area contributed by atoms with Gasteiger partial charge >= 0.3 is 0 Å². The Balaban J connectivity index is 2.37. The maximum Gasteiger partial charge on any atom is 0.133 e. The molecule has 0 saturated heterocycles. The van der Waals surface area contributed by atoms with Crippen LogP contribution in [0.4, 0.5) is 4.39 Å². The van der Waals surface area contributed by atoms with Gasteiger partial charge in [-0.15, -0.1) is 0 Å². The Morgan fingerprint density at radius 1 is 1.22 bits per heavy atom. The summed E-state index contributed by atoms with van der Waals surface area (Å²) in [5.41, 5.74) is 0.920. The lowest BCUT2D eigenvalue weighted by atomic mass is 10.0. The van der Waals surface area contributed by atoms with Gasteiger partial charge in [-0.3, -0.25) is 0 Å². The maximum absolute atomic E-state index is 13.8. The molecule has 1 atom stereocenters. The van der Waals surface area contributed by atoms with Crippen molar-refractivity contribution in [2.24, 2.45) is 0 Å². The molecule has 0 aliphatic rings. The van der Waals surface area contributed by atoms with Gasteiger partial charge in [-0.25, -0.2) is 4.39 Å². The molecule has 1 unspecified atom stereocenters. The zero-order valence-corrected chi connectivity index (χ0v) is 11.9. The average molecular weight is 358 g/mol. The van der Waals surface area contributed by atoms with Crippen LogP contribution in [0.5, 0.6) is 5.75 Å². The predicted octanol–water partition coefficient (Wildman–Crippen LogP) is 3.52. The molecule has 2 aromatic carbocycles. The lowest BCUT2D eigenvalue weighted by Gasteiger charge is -2.13. The minimum Gasteiger partial charge on any atom is -0.497 e. The molecule has 2 nitrogen and oxygen atoms in total. The van der Waals surface area contributed by atoms with Crippen molar-refractivity contribution >= 4 is 22.6 Å². The van der Waals surface area contributed by atoms with Crippen molar-refractivity contribution in [1.29, 1.82) is 0 Å². The first-order valence-electron chi connectivity index (χ1n) is 5.39. The molecular weight excluding hydrogens is 346 g/mol. The summed E-state index contributed by atoms with van der Waals surface area (Å²) >= 11 is 2.15. The van der Waals surface area contributed by atoms with Gasteiger partial charge < -0.3 is 9.84 Å². The Labute approximate surface area is 119 Å².